The molecule has 0 spiro atoms. The van der Waals surface area contributed by atoms with Crippen molar-refractivity contribution in [2.24, 2.45) is 0 Å². The molecule has 0 aromatic rings. The molecule has 2 fully saturated rings. The van der Waals surface area contributed by atoms with Crippen molar-refractivity contribution < 1.29 is 8.57 Å². The van der Waals surface area contributed by atoms with E-state index in [0.717, 1.165) is 44.4 Å². The van der Waals surface area contributed by atoms with Gasteiger partial charge in [-0.15, -0.1) is 0 Å². The van der Waals surface area contributed by atoms with Gasteiger partial charge in [0.15, 0.2) is 0 Å². The second kappa shape index (κ2) is 4.21. The maximum Gasteiger partial charge on any atom is 0.0872 e. The van der Waals surface area contributed by atoms with Crippen molar-refractivity contribution in [2.45, 2.75) is 24.8 Å². The van der Waals surface area contributed by atoms with Gasteiger partial charge in [-0.2, -0.15) is 0 Å². The summed E-state index contributed by atoms with van der Waals surface area (Å²) in [6.07, 6.45) is 5.92. The van der Waals surface area contributed by atoms with E-state index in [1.165, 1.54) is 18.5 Å². The quantitative estimate of drug-likeness (QED) is 0.673. The van der Waals surface area contributed by atoms with Gasteiger partial charge in [0, 0.05) is 18.3 Å². The Kier molecular flexibility index (Phi) is 3.14. The summed E-state index contributed by atoms with van der Waals surface area (Å²) in [5.74, 6) is 0. The lowest BCUT2D eigenvalue weighted by atomic mass is 9.94. The number of halogens is 1. The molecule has 0 aliphatic carbocycles. The summed E-state index contributed by atoms with van der Waals surface area (Å²) in [4.78, 5) is 2.37. The van der Waals surface area contributed by atoms with Crippen LogP contribution in [-0.4, -0.2) is 36.4 Å². The largest absolute Gasteiger partial charge is 0.314 e. The van der Waals surface area contributed by atoms with Gasteiger partial charge in [0.25, 0.3) is 0 Å². The highest BCUT2D eigenvalue weighted by atomic mass is 32.2. The highest BCUT2D eigenvalue weighted by Crippen LogP contribution is 2.41. The van der Waals surface area contributed by atoms with Crippen LogP contribution in [0.5, 0.6) is 0 Å². The van der Waals surface area contributed by atoms with Crippen LogP contribution < -0.4 is 0 Å². The molecule has 2 aliphatic rings. The first-order valence-electron chi connectivity index (χ1n) is 4.99. The van der Waals surface area contributed by atoms with Crippen molar-refractivity contribution in [3.05, 3.63) is 11.9 Å². The van der Waals surface area contributed by atoms with E-state index in [-0.39, 0.29) is 5.54 Å². The fourth-order valence-corrected chi connectivity index (χ4v) is 2.96. The van der Waals surface area contributed by atoms with Crippen LogP contribution in [-0.2, 0) is 4.18 Å². The summed E-state index contributed by atoms with van der Waals surface area (Å²) in [5, 5.41) is 0. The summed E-state index contributed by atoms with van der Waals surface area (Å²) in [5.41, 5.74) is 1.04. The fourth-order valence-electron chi connectivity index (χ4n) is 2.62. The van der Waals surface area contributed by atoms with Crippen molar-refractivity contribution >= 4 is 12.0 Å². The van der Waals surface area contributed by atoms with Gasteiger partial charge in [0.2, 0.25) is 0 Å². The van der Waals surface area contributed by atoms with Gasteiger partial charge < -0.3 is 4.18 Å². The van der Waals surface area contributed by atoms with E-state index in [2.05, 4.69) is 4.90 Å². The molecule has 2 rings (SSSR count). The average molecular weight is 217 g/mol. The Morgan fingerprint density at radius 1 is 1.71 bits per heavy atom. The molecule has 0 aromatic carbocycles. The zero-order valence-corrected chi connectivity index (χ0v) is 9.28. The molecule has 0 N–H and O–H groups in total. The van der Waals surface area contributed by atoms with Crippen molar-refractivity contribution in [3.8, 4) is 0 Å². The lowest BCUT2D eigenvalue weighted by molar-refractivity contribution is 0.127. The molecule has 2 saturated heterocycles. The highest BCUT2D eigenvalue weighted by molar-refractivity contribution is 7.93. The number of hydrogen-bond donors (Lipinski definition) is 0. The van der Waals surface area contributed by atoms with Crippen LogP contribution in [0.25, 0.3) is 0 Å². The fraction of sp³-hybridized carbons (Fsp3) is 0.800. The van der Waals surface area contributed by atoms with Crippen molar-refractivity contribution in [1.29, 1.82) is 0 Å². The molecule has 0 bridgehead atoms. The molecule has 0 saturated carbocycles. The lowest BCUT2D eigenvalue weighted by Gasteiger charge is -2.30. The lowest BCUT2D eigenvalue weighted by Crippen LogP contribution is -2.41. The van der Waals surface area contributed by atoms with Gasteiger partial charge in [-0.1, -0.05) is 0 Å². The Hall–Kier alpha value is -0.0600. The molecular weight excluding hydrogens is 201 g/mol. The predicted octanol–water partition coefficient (Wildman–Crippen LogP) is 2.37. The Morgan fingerprint density at radius 3 is 3.29 bits per heavy atom. The normalized spacial score (nSPS) is 35.4. The molecule has 0 unspecified atom stereocenters. The van der Waals surface area contributed by atoms with Crippen LogP contribution in [0.15, 0.2) is 11.9 Å². The monoisotopic (exact) mass is 217 g/mol. The molecule has 80 valence electrons. The van der Waals surface area contributed by atoms with Crippen LogP contribution in [0.4, 0.5) is 4.39 Å². The second-order valence-electron chi connectivity index (χ2n) is 4.12. The van der Waals surface area contributed by atoms with Crippen LogP contribution in [0.2, 0.25) is 0 Å². The minimum Gasteiger partial charge on any atom is -0.314 e. The molecule has 2 heterocycles. The van der Waals surface area contributed by atoms with E-state index in [0.29, 0.717) is 0 Å². The Labute approximate surface area is 88.7 Å². The molecule has 1 atom stereocenters. The summed E-state index contributed by atoms with van der Waals surface area (Å²) >= 11 is 1.40. The summed E-state index contributed by atoms with van der Waals surface area (Å²) < 4.78 is 17.9. The van der Waals surface area contributed by atoms with Gasteiger partial charge >= 0.3 is 0 Å². The van der Waals surface area contributed by atoms with E-state index in [1.807, 2.05) is 6.26 Å². The number of rotatable bonds is 3. The summed E-state index contributed by atoms with van der Waals surface area (Å²) in [7, 11) is 0. The Balaban J connectivity index is 2.06. The minimum absolute atomic E-state index is 0.112. The van der Waals surface area contributed by atoms with Crippen LogP contribution >= 0.6 is 12.0 Å². The molecule has 2 aliphatic heterocycles. The third-order valence-electron chi connectivity index (χ3n) is 3.29. The van der Waals surface area contributed by atoms with E-state index in [4.69, 9.17) is 4.18 Å². The van der Waals surface area contributed by atoms with Crippen LogP contribution in [0.1, 0.15) is 19.3 Å². The maximum absolute atomic E-state index is 12.5. The third-order valence-corrected chi connectivity index (χ3v) is 3.64. The molecule has 0 radical (unpaired) electrons. The molecule has 0 amide bonds. The average Bonchev–Trinajstić information content (AvgIpc) is 2.70. The third kappa shape index (κ3) is 1.71. The Bertz CT molecular complexity index is 246. The maximum atomic E-state index is 12.5. The zero-order valence-electron chi connectivity index (χ0n) is 8.46. The van der Waals surface area contributed by atoms with Crippen LogP contribution in [0, 0.1) is 0 Å². The van der Waals surface area contributed by atoms with E-state index in [9.17, 15) is 4.39 Å². The topological polar surface area (TPSA) is 12.5 Å². The standard InChI is InChI=1S/C10H16FNOS/c1-14-13-8-10-3-2-4-12(10)7-9(5-10)6-11/h6H,2-5,7-8H2,1H3/b9-6+/t10-/m0/s1. The van der Waals surface area contributed by atoms with E-state index >= 15 is 0 Å². The molecular formula is C10H16FNOS. The predicted molar refractivity (Wildman–Crippen MR) is 56.8 cm³/mol. The van der Waals surface area contributed by atoms with Crippen molar-refractivity contribution in [2.75, 3.05) is 26.0 Å². The smallest absolute Gasteiger partial charge is 0.0872 e. The number of fused-ring (bicyclic) bond motifs is 1. The van der Waals surface area contributed by atoms with Crippen LogP contribution in [0.3, 0.4) is 0 Å². The number of nitrogens with zero attached hydrogens (tertiary/aromatic N) is 1. The van der Waals surface area contributed by atoms with E-state index < -0.39 is 0 Å². The van der Waals surface area contributed by atoms with Crippen molar-refractivity contribution in [3.63, 3.8) is 0 Å². The zero-order chi connectivity index (χ0) is 10.0. The molecule has 4 heteroatoms. The highest BCUT2D eigenvalue weighted by Gasteiger charge is 2.46. The molecule has 2 nitrogen and oxygen atoms in total. The first-order valence-corrected chi connectivity index (χ1v) is 6.14. The van der Waals surface area contributed by atoms with Gasteiger partial charge in [-0.3, -0.25) is 4.90 Å². The first-order chi connectivity index (χ1) is 6.80. The SMILES string of the molecule is CSOC[C@@]12CCCN1C/C(=C/F)C2. The molecule has 14 heavy (non-hydrogen) atoms. The summed E-state index contributed by atoms with van der Waals surface area (Å²) in [6.45, 7) is 2.62. The molecule has 0 aromatic heterocycles. The number of hydrogen-bond acceptors (Lipinski definition) is 3. The second-order valence-corrected chi connectivity index (χ2v) is 4.69. The van der Waals surface area contributed by atoms with Gasteiger partial charge in [0.1, 0.15) is 0 Å². The first kappa shape index (κ1) is 10.5. The van der Waals surface area contributed by atoms with Gasteiger partial charge in [-0.05, 0) is 43.4 Å². The summed E-state index contributed by atoms with van der Waals surface area (Å²) in [6, 6.07) is 0. The van der Waals surface area contributed by atoms with E-state index in [1.54, 1.807) is 0 Å². The minimum atomic E-state index is 0.112. The van der Waals surface area contributed by atoms with Crippen molar-refractivity contribution in [1.82, 2.24) is 4.90 Å². The van der Waals surface area contributed by atoms with Gasteiger partial charge in [-0.25, -0.2) is 4.39 Å². The Morgan fingerprint density at radius 2 is 2.57 bits per heavy atom. The van der Waals surface area contributed by atoms with Gasteiger partial charge in [0.05, 0.1) is 12.9 Å².